The van der Waals surface area contributed by atoms with Gasteiger partial charge in [-0.1, -0.05) is 0 Å². The summed E-state index contributed by atoms with van der Waals surface area (Å²) >= 11 is 5.55. The van der Waals surface area contributed by atoms with Crippen LogP contribution in [-0.4, -0.2) is 29.0 Å². The summed E-state index contributed by atoms with van der Waals surface area (Å²) in [5, 5.41) is 9.94. The van der Waals surface area contributed by atoms with E-state index in [0.717, 1.165) is 6.42 Å². The fourth-order valence-corrected chi connectivity index (χ4v) is 3.53. The van der Waals surface area contributed by atoms with Crippen LogP contribution in [0, 0.1) is 0 Å². The summed E-state index contributed by atoms with van der Waals surface area (Å²) in [7, 11) is -3.45. The third-order valence-corrected chi connectivity index (χ3v) is 4.61. The van der Waals surface area contributed by atoms with E-state index in [1.165, 1.54) is 0 Å². The van der Waals surface area contributed by atoms with E-state index in [1.807, 2.05) is 0 Å². The van der Waals surface area contributed by atoms with Crippen LogP contribution < -0.4 is 0 Å². The minimum absolute atomic E-state index is 0.248. The monoisotopic (exact) mass is 286 g/mol. The Morgan fingerprint density at radius 3 is 1.94 bits per heavy atom. The van der Waals surface area contributed by atoms with Crippen molar-refractivity contribution in [2.24, 2.45) is 0 Å². The maximum Gasteiger partial charge on any atom is 0.359 e. The molecule has 17 heavy (non-hydrogen) atoms. The summed E-state index contributed by atoms with van der Waals surface area (Å²) in [4.78, 5) is 0. The molecule has 0 radical (unpaired) electrons. The molecule has 0 bridgehead atoms. The van der Waals surface area contributed by atoms with Gasteiger partial charge >= 0.3 is 7.60 Å². The molecule has 0 saturated heterocycles. The Hall–Kier alpha value is 0.400. The first-order chi connectivity index (χ1) is 7.81. The van der Waals surface area contributed by atoms with Crippen molar-refractivity contribution in [3.05, 3.63) is 0 Å². The zero-order valence-corrected chi connectivity index (χ0v) is 12.7. The third kappa shape index (κ3) is 7.43. The van der Waals surface area contributed by atoms with E-state index in [1.54, 1.807) is 27.7 Å². The molecule has 104 valence electrons. The number of aliphatic hydroxyl groups excluding tert-OH is 1. The molecule has 0 aliphatic heterocycles. The summed E-state index contributed by atoms with van der Waals surface area (Å²) < 4.78 is 23.0. The molecule has 0 fully saturated rings. The topological polar surface area (TPSA) is 55.8 Å². The molecule has 0 amide bonds. The molecule has 0 unspecified atom stereocenters. The molecule has 0 rings (SSSR count). The quantitative estimate of drug-likeness (QED) is 0.398. The Labute approximate surface area is 109 Å². The summed E-state index contributed by atoms with van der Waals surface area (Å²) in [5.74, 6) is -0.539. The van der Waals surface area contributed by atoms with Crippen molar-refractivity contribution in [1.82, 2.24) is 0 Å². The minimum Gasteiger partial charge on any atom is -0.380 e. The summed E-state index contributed by atoms with van der Waals surface area (Å²) in [6.45, 7) is 7.06. The maximum atomic E-state index is 12.4. The molecule has 0 aliphatic rings. The van der Waals surface area contributed by atoms with E-state index in [-0.39, 0.29) is 12.2 Å². The lowest BCUT2D eigenvalue weighted by atomic mass is 10.3. The molecule has 0 aliphatic carbocycles. The second-order valence-corrected chi connectivity index (χ2v) is 6.99. The molecule has 0 aromatic heterocycles. The molecular formula is C11H24ClO4P. The number of alkyl halides is 1. The molecule has 4 nitrogen and oxygen atoms in total. The van der Waals surface area contributed by atoms with E-state index in [0.29, 0.717) is 18.7 Å². The van der Waals surface area contributed by atoms with Crippen LogP contribution in [0.2, 0.25) is 0 Å². The van der Waals surface area contributed by atoms with Crippen molar-refractivity contribution in [1.29, 1.82) is 0 Å². The normalized spacial score (nSPS) is 14.6. The fraction of sp³-hybridized carbons (Fsp3) is 1.00. The van der Waals surface area contributed by atoms with Crippen LogP contribution in [0.4, 0.5) is 0 Å². The Bertz CT molecular complexity index is 232. The van der Waals surface area contributed by atoms with Crippen LogP contribution in [0.1, 0.15) is 47.0 Å². The summed E-state index contributed by atoms with van der Waals surface area (Å²) in [6, 6.07) is 0. The van der Waals surface area contributed by atoms with Gasteiger partial charge in [-0.25, -0.2) is 0 Å². The van der Waals surface area contributed by atoms with E-state index >= 15 is 0 Å². The zero-order chi connectivity index (χ0) is 13.5. The lowest BCUT2D eigenvalue weighted by Gasteiger charge is -2.26. The average molecular weight is 287 g/mol. The largest absolute Gasteiger partial charge is 0.380 e. The molecule has 0 spiro atoms. The molecule has 0 heterocycles. The van der Waals surface area contributed by atoms with Crippen molar-refractivity contribution in [3.63, 3.8) is 0 Å². The minimum atomic E-state index is -3.45. The van der Waals surface area contributed by atoms with Gasteiger partial charge < -0.3 is 14.2 Å². The van der Waals surface area contributed by atoms with Gasteiger partial charge in [0.15, 0.2) is 5.85 Å². The van der Waals surface area contributed by atoms with Gasteiger partial charge in [0.25, 0.3) is 0 Å². The van der Waals surface area contributed by atoms with Crippen LogP contribution >= 0.6 is 19.2 Å². The summed E-state index contributed by atoms with van der Waals surface area (Å²) in [5.41, 5.74) is 0. The first kappa shape index (κ1) is 17.4. The van der Waals surface area contributed by atoms with Crippen molar-refractivity contribution < 1.29 is 18.7 Å². The first-order valence-corrected chi connectivity index (χ1v) is 8.17. The van der Waals surface area contributed by atoms with Gasteiger partial charge in [0, 0.05) is 5.88 Å². The van der Waals surface area contributed by atoms with Gasteiger partial charge in [-0.05, 0) is 47.0 Å². The van der Waals surface area contributed by atoms with Gasteiger partial charge in [-0.15, -0.1) is 11.6 Å². The first-order valence-electron chi connectivity index (χ1n) is 6.02. The summed E-state index contributed by atoms with van der Waals surface area (Å²) in [6.07, 6.45) is 1.37. The second-order valence-electron chi connectivity index (χ2n) is 4.51. The lowest BCUT2D eigenvalue weighted by Crippen LogP contribution is -2.18. The zero-order valence-electron chi connectivity index (χ0n) is 11.1. The number of aliphatic hydroxyl groups is 1. The second kappa shape index (κ2) is 8.49. The van der Waals surface area contributed by atoms with Crippen molar-refractivity contribution in [2.75, 3.05) is 5.88 Å². The highest BCUT2D eigenvalue weighted by Crippen LogP contribution is 2.55. The van der Waals surface area contributed by atoms with Crippen molar-refractivity contribution in [2.45, 2.75) is 65.0 Å². The fourth-order valence-electron chi connectivity index (χ4n) is 1.33. The smallest absolute Gasteiger partial charge is 0.359 e. The van der Waals surface area contributed by atoms with E-state index in [9.17, 15) is 9.67 Å². The van der Waals surface area contributed by atoms with Gasteiger partial charge in [0.05, 0.1) is 12.2 Å². The van der Waals surface area contributed by atoms with Crippen molar-refractivity contribution >= 4 is 19.2 Å². The number of hydrogen-bond acceptors (Lipinski definition) is 4. The maximum absolute atomic E-state index is 12.4. The highest BCUT2D eigenvalue weighted by molar-refractivity contribution is 7.54. The number of halogens is 1. The molecular weight excluding hydrogens is 263 g/mol. The Balaban J connectivity index is 4.49. The highest BCUT2D eigenvalue weighted by atomic mass is 35.5. The number of hydrogen-bond donors (Lipinski definition) is 1. The molecule has 1 N–H and O–H groups in total. The molecule has 1 atom stereocenters. The molecule has 0 aromatic rings. The van der Waals surface area contributed by atoms with Crippen LogP contribution in [-0.2, 0) is 13.6 Å². The van der Waals surface area contributed by atoms with Crippen LogP contribution in [0.5, 0.6) is 0 Å². The third-order valence-electron chi connectivity index (χ3n) is 1.93. The van der Waals surface area contributed by atoms with E-state index < -0.39 is 13.4 Å². The number of rotatable bonds is 9. The van der Waals surface area contributed by atoms with Crippen LogP contribution in [0.3, 0.4) is 0 Å². The lowest BCUT2D eigenvalue weighted by molar-refractivity contribution is 0.0974. The van der Waals surface area contributed by atoms with Gasteiger partial charge in [0.1, 0.15) is 0 Å². The van der Waals surface area contributed by atoms with Crippen LogP contribution in [0.25, 0.3) is 0 Å². The SMILES string of the molecule is CC(C)OP(=O)(OC(C)C)[C@@H](O)CCCCCl. The van der Waals surface area contributed by atoms with E-state index in [4.69, 9.17) is 20.6 Å². The van der Waals surface area contributed by atoms with Gasteiger partial charge in [-0.2, -0.15) is 0 Å². The number of unbranched alkanes of at least 4 members (excludes halogenated alkanes) is 1. The Morgan fingerprint density at radius 1 is 1.12 bits per heavy atom. The van der Waals surface area contributed by atoms with Gasteiger partial charge in [-0.3, -0.25) is 4.57 Å². The Kier molecular flexibility index (Phi) is 8.69. The van der Waals surface area contributed by atoms with Crippen LogP contribution in [0.15, 0.2) is 0 Å². The molecule has 6 heteroatoms. The Morgan fingerprint density at radius 2 is 1.59 bits per heavy atom. The highest BCUT2D eigenvalue weighted by Gasteiger charge is 2.36. The van der Waals surface area contributed by atoms with Gasteiger partial charge in [0.2, 0.25) is 0 Å². The van der Waals surface area contributed by atoms with E-state index in [2.05, 4.69) is 0 Å². The van der Waals surface area contributed by atoms with Crippen molar-refractivity contribution in [3.8, 4) is 0 Å². The molecule has 0 aromatic carbocycles. The molecule has 0 saturated carbocycles. The standard InChI is InChI=1S/C11H24ClO4P/c1-9(2)15-17(14,16-10(3)4)11(13)7-5-6-8-12/h9-11,13H,5-8H2,1-4H3/t11-/m1/s1. The average Bonchev–Trinajstić information content (AvgIpc) is 2.15. The predicted molar refractivity (Wildman–Crippen MR) is 70.6 cm³/mol. The predicted octanol–water partition coefficient (Wildman–Crippen LogP) is 3.76.